The Morgan fingerprint density at radius 1 is 1.33 bits per heavy atom. The zero-order valence-corrected chi connectivity index (χ0v) is 7.75. The molecule has 1 atom stereocenters. The summed E-state index contributed by atoms with van der Waals surface area (Å²) in [5, 5.41) is 0.757. The van der Waals surface area contributed by atoms with Crippen molar-refractivity contribution in [3.8, 4) is 0 Å². The summed E-state index contributed by atoms with van der Waals surface area (Å²) in [7, 11) is 0. The largest absolute Gasteiger partial charge is 0.325 e. The van der Waals surface area contributed by atoms with Crippen LogP contribution in [0.3, 0.4) is 0 Å². The van der Waals surface area contributed by atoms with Crippen LogP contribution in [0.25, 0.3) is 6.08 Å². The molecule has 0 bridgehead atoms. The number of hydrogen-bond acceptors (Lipinski definition) is 1. The Balaban J connectivity index is 2.71. The van der Waals surface area contributed by atoms with E-state index in [0.717, 1.165) is 10.6 Å². The second-order valence-electron chi connectivity index (χ2n) is 2.77. The molecule has 0 aliphatic rings. The Bertz CT molecular complexity index is 262. The number of nitrogens with two attached hydrogens (primary N) is 1. The Kier molecular flexibility index (Phi) is 3.32. The van der Waals surface area contributed by atoms with Crippen molar-refractivity contribution in [3.05, 3.63) is 40.9 Å². The van der Waals surface area contributed by atoms with Crippen molar-refractivity contribution in [1.82, 2.24) is 0 Å². The number of halogens is 1. The van der Waals surface area contributed by atoms with Crippen molar-refractivity contribution in [2.75, 3.05) is 0 Å². The fourth-order valence-corrected chi connectivity index (χ4v) is 0.963. The number of benzene rings is 1. The molecule has 2 N–H and O–H groups in total. The zero-order valence-electron chi connectivity index (χ0n) is 7.00. The minimum atomic E-state index is 0.0979. The molecule has 0 heterocycles. The first-order chi connectivity index (χ1) is 5.68. The molecule has 12 heavy (non-hydrogen) atoms. The van der Waals surface area contributed by atoms with Gasteiger partial charge >= 0.3 is 0 Å². The highest BCUT2D eigenvalue weighted by atomic mass is 35.5. The fraction of sp³-hybridized carbons (Fsp3) is 0.200. The number of hydrogen-bond donors (Lipinski definition) is 1. The SMILES string of the molecule is C[C@@H](N)/C=C/c1ccc(Cl)cc1. The third-order valence-corrected chi connectivity index (χ3v) is 1.71. The van der Waals surface area contributed by atoms with Crippen molar-refractivity contribution in [3.63, 3.8) is 0 Å². The lowest BCUT2D eigenvalue weighted by Gasteiger charge is -1.95. The monoisotopic (exact) mass is 181 g/mol. The average molecular weight is 182 g/mol. The predicted molar refractivity (Wildman–Crippen MR) is 54.1 cm³/mol. The van der Waals surface area contributed by atoms with Crippen LogP contribution in [0.15, 0.2) is 30.3 Å². The molecule has 0 aliphatic carbocycles. The summed E-state index contributed by atoms with van der Waals surface area (Å²) in [5.41, 5.74) is 6.68. The lowest BCUT2D eigenvalue weighted by Crippen LogP contribution is -2.09. The minimum Gasteiger partial charge on any atom is -0.325 e. The first kappa shape index (κ1) is 9.30. The maximum atomic E-state index is 5.73. The molecule has 0 fully saturated rings. The van der Waals surface area contributed by atoms with E-state index in [2.05, 4.69) is 0 Å². The van der Waals surface area contributed by atoms with E-state index in [1.165, 1.54) is 0 Å². The van der Waals surface area contributed by atoms with Crippen molar-refractivity contribution in [2.45, 2.75) is 13.0 Å². The smallest absolute Gasteiger partial charge is 0.0406 e. The fourth-order valence-electron chi connectivity index (χ4n) is 0.837. The van der Waals surface area contributed by atoms with E-state index >= 15 is 0 Å². The van der Waals surface area contributed by atoms with Gasteiger partial charge in [0.25, 0.3) is 0 Å². The van der Waals surface area contributed by atoms with Crippen LogP contribution in [0.2, 0.25) is 5.02 Å². The molecule has 0 aromatic heterocycles. The van der Waals surface area contributed by atoms with Crippen molar-refractivity contribution in [2.24, 2.45) is 5.73 Å². The Morgan fingerprint density at radius 3 is 2.42 bits per heavy atom. The highest BCUT2D eigenvalue weighted by Crippen LogP contribution is 2.10. The maximum absolute atomic E-state index is 5.73. The van der Waals surface area contributed by atoms with E-state index in [1.807, 2.05) is 43.3 Å². The molecule has 1 aromatic carbocycles. The Morgan fingerprint density at radius 2 is 1.92 bits per heavy atom. The van der Waals surface area contributed by atoms with Gasteiger partial charge in [-0.1, -0.05) is 35.9 Å². The van der Waals surface area contributed by atoms with Crippen molar-refractivity contribution < 1.29 is 0 Å². The quantitative estimate of drug-likeness (QED) is 0.746. The summed E-state index contributed by atoms with van der Waals surface area (Å²) in [6.45, 7) is 1.94. The lowest BCUT2D eigenvalue weighted by atomic mass is 10.2. The van der Waals surface area contributed by atoms with Gasteiger partial charge in [-0.25, -0.2) is 0 Å². The maximum Gasteiger partial charge on any atom is 0.0406 e. The Hall–Kier alpha value is -0.790. The summed E-state index contributed by atoms with van der Waals surface area (Å²) < 4.78 is 0. The molecule has 0 spiro atoms. The summed E-state index contributed by atoms with van der Waals surface area (Å²) in [4.78, 5) is 0. The summed E-state index contributed by atoms with van der Waals surface area (Å²) in [6.07, 6.45) is 3.93. The predicted octanol–water partition coefficient (Wildman–Crippen LogP) is 2.70. The van der Waals surface area contributed by atoms with E-state index in [4.69, 9.17) is 17.3 Å². The van der Waals surface area contributed by atoms with Crippen molar-refractivity contribution >= 4 is 17.7 Å². The molecular weight excluding hydrogens is 170 g/mol. The van der Waals surface area contributed by atoms with E-state index in [-0.39, 0.29) is 6.04 Å². The van der Waals surface area contributed by atoms with Crippen LogP contribution < -0.4 is 5.73 Å². The topological polar surface area (TPSA) is 26.0 Å². The second kappa shape index (κ2) is 4.29. The third kappa shape index (κ3) is 3.07. The van der Waals surface area contributed by atoms with Crippen LogP contribution in [0.1, 0.15) is 12.5 Å². The lowest BCUT2D eigenvalue weighted by molar-refractivity contribution is 0.931. The van der Waals surface area contributed by atoms with E-state index < -0.39 is 0 Å². The molecule has 1 aromatic rings. The summed E-state index contributed by atoms with van der Waals surface area (Å²) >= 11 is 5.73. The van der Waals surface area contributed by atoms with Gasteiger partial charge in [0, 0.05) is 11.1 Å². The zero-order chi connectivity index (χ0) is 8.97. The van der Waals surface area contributed by atoms with Gasteiger partial charge in [0.2, 0.25) is 0 Å². The summed E-state index contributed by atoms with van der Waals surface area (Å²) in [5.74, 6) is 0. The molecule has 0 unspecified atom stereocenters. The van der Waals surface area contributed by atoms with Crippen LogP contribution in [-0.2, 0) is 0 Å². The molecule has 64 valence electrons. The first-order valence-electron chi connectivity index (χ1n) is 3.88. The molecule has 0 aliphatic heterocycles. The Labute approximate surface area is 77.8 Å². The van der Waals surface area contributed by atoms with Gasteiger partial charge in [-0.15, -0.1) is 0 Å². The second-order valence-corrected chi connectivity index (χ2v) is 3.21. The number of rotatable bonds is 2. The third-order valence-electron chi connectivity index (χ3n) is 1.46. The molecular formula is C10H12ClN. The van der Waals surface area contributed by atoms with Crippen molar-refractivity contribution in [1.29, 1.82) is 0 Å². The van der Waals surface area contributed by atoms with E-state index in [1.54, 1.807) is 0 Å². The van der Waals surface area contributed by atoms with Gasteiger partial charge in [-0.3, -0.25) is 0 Å². The highest BCUT2D eigenvalue weighted by molar-refractivity contribution is 6.30. The van der Waals surface area contributed by atoms with E-state index in [0.29, 0.717) is 0 Å². The first-order valence-corrected chi connectivity index (χ1v) is 4.25. The van der Waals surface area contributed by atoms with Gasteiger partial charge in [-0.05, 0) is 24.6 Å². The molecule has 0 radical (unpaired) electrons. The molecule has 0 saturated heterocycles. The van der Waals surface area contributed by atoms with Gasteiger partial charge in [-0.2, -0.15) is 0 Å². The molecule has 1 rings (SSSR count). The van der Waals surface area contributed by atoms with Gasteiger partial charge < -0.3 is 5.73 Å². The minimum absolute atomic E-state index is 0.0979. The molecule has 0 amide bonds. The average Bonchev–Trinajstić information content (AvgIpc) is 2.03. The van der Waals surface area contributed by atoms with Crippen LogP contribution in [0, 0.1) is 0 Å². The van der Waals surface area contributed by atoms with Crippen LogP contribution in [0.5, 0.6) is 0 Å². The van der Waals surface area contributed by atoms with Crippen LogP contribution in [0.4, 0.5) is 0 Å². The van der Waals surface area contributed by atoms with Gasteiger partial charge in [0.05, 0.1) is 0 Å². The van der Waals surface area contributed by atoms with Gasteiger partial charge in [0.15, 0.2) is 0 Å². The van der Waals surface area contributed by atoms with Crippen LogP contribution >= 0.6 is 11.6 Å². The van der Waals surface area contributed by atoms with Gasteiger partial charge in [0.1, 0.15) is 0 Å². The molecule has 2 heteroatoms. The van der Waals surface area contributed by atoms with E-state index in [9.17, 15) is 0 Å². The summed E-state index contributed by atoms with van der Waals surface area (Å²) in [6, 6.07) is 7.74. The molecule has 1 nitrogen and oxygen atoms in total. The van der Waals surface area contributed by atoms with Crippen LogP contribution in [-0.4, -0.2) is 6.04 Å². The normalized spacial score (nSPS) is 13.6. The molecule has 0 saturated carbocycles. The highest BCUT2D eigenvalue weighted by Gasteiger charge is 1.88. The standard InChI is InChI=1S/C10H12ClN/c1-8(12)2-3-9-4-6-10(11)7-5-9/h2-8H,12H2,1H3/b3-2+/t8-/m1/s1.